The number of nitrogens with zero attached hydrogens (tertiary/aromatic N) is 1. The highest BCUT2D eigenvalue weighted by molar-refractivity contribution is 7.99. The van der Waals surface area contributed by atoms with E-state index in [1.165, 1.54) is 77.6 Å². The van der Waals surface area contributed by atoms with E-state index in [1.54, 1.807) is 0 Å². The minimum absolute atomic E-state index is 0.0461. The standard InChI is InChI=1S/C26H35F3N2O2S/c1-17-14-21(26(27,28)29)31-24(33-2)22(17)23(32)30-13-3-10-25(15-18-4-5-18)11-8-20(9-12-25)34-16-19-6-7-19/h3,10,14,18-20H,4-9,11-13,15-16H2,1-2H3,(H,30,32). The predicted molar refractivity (Wildman–Crippen MR) is 129 cm³/mol. The molecule has 3 aliphatic carbocycles. The molecule has 0 saturated heterocycles. The van der Waals surface area contributed by atoms with Crippen molar-refractivity contribution in [1.29, 1.82) is 0 Å². The Bertz CT molecular complexity index is 902. The van der Waals surface area contributed by atoms with Crippen LogP contribution in [0.15, 0.2) is 18.2 Å². The number of alkyl halides is 3. The lowest BCUT2D eigenvalue weighted by molar-refractivity contribution is -0.141. The number of ether oxygens (including phenoxy) is 1. The highest BCUT2D eigenvalue weighted by Gasteiger charge is 2.39. The summed E-state index contributed by atoms with van der Waals surface area (Å²) >= 11 is 2.17. The number of amides is 1. The van der Waals surface area contributed by atoms with E-state index in [2.05, 4.69) is 28.1 Å². The van der Waals surface area contributed by atoms with Gasteiger partial charge in [-0.2, -0.15) is 24.9 Å². The van der Waals surface area contributed by atoms with E-state index in [9.17, 15) is 18.0 Å². The van der Waals surface area contributed by atoms with Gasteiger partial charge in [0, 0.05) is 11.8 Å². The normalized spacial score (nSPS) is 25.5. The third kappa shape index (κ3) is 6.70. The molecule has 4 nitrogen and oxygen atoms in total. The molecule has 1 heterocycles. The average Bonchev–Trinajstić information content (AvgIpc) is 3.71. The van der Waals surface area contributed by atoms with Gasteiger partial charge in [0.05, 0.1) is 7.11 Å². The molecule has 0 aromatic carbocycles. The fourth-order valence-corrected chi connectivity index (χ4v) is 6.43. The van der Waals surface area contributed by atoms with Crippen LogP contribution in [0.5, 0.6) is 5.88 Å². The number of hydrogen-bond acceptors (Lipinski definition) is 4. The van der Waals surface area contributed by atoms with Crippen molar-refractivity contribution in [3.63, 3.8) is 0 Å². The summed E-state index contributed by atoms with van der Waals surface area (Å²) in [4.78, 5) is 16.3. The highest BCUT2D eigenvalue weighted by Crippen LogP contribution is 2.50. The molecule has 3 aliphatic rings. The Morgan fingerprint density at radius 3 is 2.47 bits per heavy atom. The number of allylic oxidation sites excluding steroid dienone is 1. The molecule has 3 fully saturated rings. The molecule has 0 atom stereocenters. The fraction of sp³-hybridized carbons (Fsp3) is 0.692. The number of halogens is 3. The smallest absolute Gasteiger partial charge is 0.433 e. The molecular weight excluding hydrogens is 461 g/mol. The van der Waals surface area contributed by atoms with Crippen molar-refractivity contribution in [3.8, 4) is 5.88 Å². The lowest BCUT2D eigenvalue weighted by atomic mass is 9.70. The first-order chi connectivity index (χ1) is 16.2. The van der Waals surface area contributed by atoms with Crippen LogP contribution in [0, 0.1) is 24.2 Å². The molecule has 0 spiro atoms. The van der Waals surface area contributed by atoms with E-state index < -0.39 is 17.8 Å². The molecule has 0 radical (unpaired) electrons. The van der Waals surface area contributed by atoms with Crippen LogP contribution < -0.4 is 10.1 Å². The summed E-state index contributed by atoms with van der Waals surface area (Å²) in [6.45, 7) is 1.79. The second-order valence-electron chi connectivity index (χ2n) is 10.3. The Balaban J connectivity index is 1.35. The Morgan fingerprint density at radius 1 is 1.21 bits per heavy atom. The molecule has 1 aromatic heterocycles. The van der Waals surface area contributed by atoms with Crippen LogP contribution in [0.1, 0.15) is 79.4 Å². The quantitative estimate of drug-likeness (QED) is 0.372. The zero-order valence-electron chi connectivity index (χ0n) is 20.0. The Labute approximate surface area is 204 Å². The molecule has 188 valence electrons. The van der Waals surface area contributed by atoms with Crippen molar-refractivity contribution in [2.75, 3.05) is 19.4 Å². The van der Waals surface area contributed by atoms with Gasteiger partial charge in [-0.15, -0.1) is 0 Å². The molecule has 0 aliphatic heterocycles. The third-order valence-electron chi connectivity index (χ3n) is 7.33. The minimum Gasteiger partial charge on any atom is -0.480 e. The van der Waals surface area contributed by atoms with Gasteiger partial charge in [0.15, 0.2) is 0 Å². The van der Waals surface area contributed by atoms with Gasteiger partial charge in [0.1, 0.15) is 11.3 Å². The molecule has 8 heteroatoms. The van der Waals surface area contributed by atoms with Gasteiger partial charge >= 0.3 is 6.18 Å². The fourth-order valence-electron chi connectivity index (χ4n) is 4.99. The molecule has 0 bridgehead atoms. The van der Waals surface area contributed by atoms with E-state index in [0.717, 1.165) is 23.2 Å². The Hall–Kier alpha value is -1.70. The summed E-state index contributed by atoms with van der Waals surface area (Å²) in [6.07, 6.45) is 11.4. The summed E-state index contributed by atoms with van der Waals surface area (Å²) < 4.78 is 44.2. The summed E-state index contributed by atoms with van der Waals surface area (Å²) in [6, 6.07) is 0.886. The van der Waals surface area contributed by atoms with E-state index in [-0.39, 0.29) is 22.4 Å². The van der Waals surface area contributed by atoms with E-state index in [4.69, 9.17) is 4.74 Å². The number of carbonyl (C=O) groups is 1. The molecule has 1 N–H and O–H groups in total. The van der Waals surface area contributed by atoms with Crippen molar-refractivity contribution in [3.05, 3.63) is 35.0 Å². The van der Waals surface area contributed by atoms with Crippen LogP contribution in [-0.4, -0.2) is 35.5 Å². The number of rotatable bonds is 10. The van der Waals surface area contributed by atoms with Crippen LogP contribution in [0.4, 0.5) is 13.2 Å². The topological polar surface area (TPSA) is 51.2 Å². The molecule has 34 heavy (non-hydrogen) atoms. The van der Waals surface area contributed by atoms with E-state index >= 15 is 0 Å². The Morgan fingerprint density at radius 2 is 1.88 bits per heavy atom. The lowest BCUT2D eigenvalue weighted by Gasteiger charge is -2.38. The predicted octanol–water partition coefficient (Wildman–Crippen LogP) is 6.58. The number of aryl methyl sites for hydroxylation is 1. The molecule has 4 rings (SSSR count). The first kappa shape index (κ1) is 25.4. The average molecular weight is 497 g/mol. The third-order valence-corrected chi connectivity index (χ3v) is 8.94. The number of pyridine rings is 1. The first-order valence-electron chi connectivity index (χ1n) is 12.4. The summed E-state index contributed by atoms with van der Waals surface area (Å²) in [5.74, 6) is 2.34. The van der Waals surface area contributed by atoms with Crippen molar-refractivity contribution in [1.82, 2.24) is 10.3 Å². The van der Waals surface area contributed by atoms with Crippen molar-refractivity contribution in [2.24, 2.45) is 17.3 Å². The van der Waals surface area contributed by atoms with E-state index in [0.29, 0.717) is 6.54 Å². The van der Waals surface area contributed by atoms with Gasteiger partial charge in [0.25, 0.3) is 5.91 Å². The summed E-state index contributed by atoms with van der Waals surface area (Å²) in [5.41, 5.74) is -0.615. The SMILES string of the molecule is COc1nc(C(F)(F)F)cc(C)c1C(=O)NCC=CC1(CC2CC2)CCC(SCC2CC2)CC1. The number of carbonyl (C=O) groups excluding carboxylic acids is 1. The van der Waals surface area contributed by atoms with Gasteiger partial charge in [-0.3, -0.25) is 4.79 Å². The van der Waals surface area contributed by atoms with Crippen molar-refractivity contribution >= 4 is 17.7 Å². The maximum Gasteiger partial charge on any atom is 0.433 e. The van der Waals surface area contributed by atoms with Gasteiger partial charge in [-0.1, -0.05) is 25.0 Å². The molecule has 3 saturated carbocycles. The Kier molecular flexibility index (Phi) is 7.85. The number of nitrogens with one attached hydrogen (secondary N) is 1. The summed E-state index contributed by atoms with van der Waals surface area (Å²) in [5, 5.41) is 3.60. The second-order valence-corrected chi connectivity index (χ2v) is 11.6. The highest BCUT2D eigenvalue weighted by atomic mass is 32.2. The van der Waals surface area contributed by atoms with Crippen LogP contribution in [0.25, 0.3) is 0 Å². The number of thioether (sulfide) groups is 1. The lowest BCUT2D eigenvalue weighted by Crippen LogP contribution is -2.29. The van der Waals surface area contributed by atoms with Crippen LogP contribution in [0.3, 0.4) is 0 Å². The monoisotopic (exact) mass is 496 g/mol. The maximum atomic E-state index is 13.0. The van der Waals surface area contributed by atoms with Crippen molar-refractivity contribution in [2.45, 2.75) is 76.1 Å². The molecule has 1 aromatic rings. The first-order valence-corrected chi connectivity index (χ1v) is 13.4. The van der Waals surface area contributed by atoms with E-state index in [1.807, 2.05) is 6.08 Å². The largest absolute Gasteiger partial charge is 0.480 e. The molecule has 1 amide bonds. The zero-order chi connectivity index (χ0) is 24.3. The van der Waals surface area contributed by atoms with Crippen LogP contribution >= 0.6 is 11.8 Å². The summed E-state index contributed by atoms with van der Waals surface area (Å²) in [7, 11) is 1.22. The van der Waals surface area contributed by atoms with Crippen LogP contribution in [0.2, 0.25) is 0 Å². The molecule has 0 unspecified atom stereocenters. The molecular formula is C26H35F3N2O2S. The van der Waals surface area contributed by atoms with Gasteiger partial charge in [-0.05, 0) is 86.5 Å². The van der Waals surface area contributed by atoms with Gasteiger partial charge < -0.3 is 10.1 Å². The minimum atomic E-state index is -4.60. The number of aromatic nitrogens is 1. The number of methoxy groups -OCH3 is 1. The maximum absolute atomic E-state index is 13.0. The van der Waals surface area contributed by atoms with Gasteiger partial charge in [-0.25, -0.2) is 4.98 Å². The second kappa shape index (κ2) is 10.5. The van der Waals surface area contributed by atoms with Crippen molar-refractivity contribution < 1.29 is 22.7 Å². The van der Waals surface area contributed by atoms with Crippen LogP contribution in [-0.2, 0) is 6.18 Å². The van der Waals surface area contributed by atoms with Gasteiger partial charge in [0.2, 0.25) is 5.88 Å². The number of hydrogen-bond donors (Lipinski definition) is 1. The zero-order valence-corrected chi connectivity index (χ0v) is 20.9.